The van der Waals surface area contributed by atoms with Crippen molar-refractivity contribution in [3.8, 4) is 0 Å². The summed E-state index contributed by atoms with van der Waals surface area (Å²) in [4.78, 5) is 18.2. The van der Waals surface area contributed by atoms with Crippen LogP contribution in [0.4, 0.5) is 11.5 Å². The maximum Gasteiger partial charge on any atom is 0.259 e. The maximum absolute atomic E-state index is 12.1. The summed E-state index contributed by atoms with van der Waals surface area (Å²) in [7, 11) is 3.83. The van der Waals surface area contributed by atoms with Crippen LogP contribution in [-0.2, 0) is 0 Å². The van der Waals surface area contributed by atoms with E-state index in [2.05, 4.69) is 10.3 Å². The van der Waals surface area contributed by atoms with Gasteiger partial charge in [-0.1, -0.05) is 0 Å². The molecule has 0 atom stereocenters. The lowest BCUT2D eigenvalue weighted by Gasteiger charge is -2.11. The van der Waals surface area contributed by atoms with Crippen molar-refractivity contribution >= 4 is 17.4 Å². The van der Waals surface area contributed by atoms with E-state index in [1.165, 1.54) is 0 Å². The van der Waals surface area contributed by atoms with Crippen molar-refractivity contribution < 1.29 is 9.21 Å². The third-order valence-corrected chi connectivity index (χ3v) is 2.75. The lowest BCUT2D eigenvalue weighted by atomic mass is 10.2. The molecule has 0 aliphatic rings. The first-order valence-electron chi connectivity index (χ1n) is 5.99. The molecular formula is C14H17N3O2. The molecule has 0 spiro atoms. The van der Waals surface area contributed by atoms with Gasteiger partial charge < -0.3 is 14.6 Å². The Kier molecular flexibility index (Phi) is 3.55. The van der Waals surface area contributed by atoms with Crippen LogP contribution in [0.3, 0.4) is 0 Å². The monoisotopic (exact) mass is 259 g/mol. The van der Waals surface area contributed by atoms with Gasteiger partial charge in [-0.2, -0.15) is 0 Å². The number of aromatic nitrogens is 1. The van der Waals surface area contributed by atoms with Crippen LogP contribution in [0.25, 0.3) is 0 Å². The van der Waals surface area contributed by atoms with E-state index >= 15 is 0 Å². The minimum Gasteiger partial charge on any atom is -0.466 e. The number of hydrogen-bond acceptors (Lipinski definition) is 4. The molecule has 0 saturated heterocycles. The molecule has 2 heterocycles. The number of rotatable bonds is 3. The van der Waals surface area contributed by atoms with E-state index in [-0.39, 0.29) is 5.91 Å². The molecule has 0 aliphatic carbocycles. The van der Waals surface area contributed by atoms with Gasteiger partial charge >= 0.3 is 0 Å². The van der Waals surface area contributed by atoms with E-state index in [0.29, 0.717) is 17.0 Å². The number of amides is 1. The van der Waals surface area contributed by atoms with E-state index in [1.807, 2.05) is 38.1 Å². The Morgan fingerprint density at radius 2 is 2.05 bits per heavy atom. The Balaban J connectivity index is 2.13. The third kappa shape index (κ3) is 2.93. The SMILES string of the molecule is Cc1cc(C(=O)Nc2ccc(N(C)C)nc2)c(C)o1. The highest BCUT2D eigenvalue weighted by Crippen LogP contribution is 2.17. The fourth-order valence-electron chi connectivity index (χ4n) is 1.78. The molecule has 0 unspecified atom stereocenters. The highest BCUT2D eigenvalue weighted by molar-refractivity contribution is 6.05. The van der Waals surface area contributed by atoms with Crippen LogP contribution in [0.5, 0.6) is 0 Å². The lowest BCUT2D eigenvalue weighted by molar-refractivity contribution is 0.102. The van der Waals surface area contributed by atoms with Crippen molar-refractivity contribution in [1.29, 1.82) is 0 Å². The molecule has 100 valence electrons. The number of anilines is 2. The summed E-state index contributed by atoms with van der Waals surface area (Å²) in [5, 5.41) is 2.80. The van der Waals surface area contributed by atoms with Crippen molar-refractivity contribution in [3.63, 3.8) is 0 Å². The molecule has 0 aromatic carbocycles. The highest BCUT2D eigenvalue weighted by atomic mass is 16.3. The second kappa shape index (κ2) is 5.14. The average Bonchev–Trinajstić information content (AvgIpc) is 2.69. The Bertz CT molecular complexity index is 585. The largest absolute Gasteiger partial charge is 0.466 e. The molecule has 2 rings (SSSR count). The first-order valence-corrected chi connectivity index (χ1v) is 5.99. The van der Waals surface area contributed by atoms with Gasteiger partial charge in [0.1, 0.15) is 17.3 Å². The summed E-state index contributed by atoms with van der Waals surface area (Å²) in [6.07, 6.45) is 1.63. The van der Waals surface area contributed by atoms with E-state index in [9.17, 15) is 4.79 Å². The zero-order valence-corrected chi connectivity index (χ0v) is 11.5. The van der Waals surface area contributed by atoms with Crippen molar-refractivity contribution in [2.45, 2.75) is 13.8 Å². The van der Waals surface area contributed by atoms with Crippen molar-refractivity contribution in [2.24, 2.45) is 0 Å². The summed E-state index contributed by atoms with van der Waals surface area (Å²) < 4.78 is 5.34. The topological polar surface area (TPSA) is 58.4 Å². The molecule has 1 amide bonds. The second-order valence-electron chi connectivity index (χ2n) is 4.58. The van der Waals surface area contributed by atoms with Gasteiger partial charge in [0.25, 0.3) is 5.91 Å². The zero-order valence-electron chi connectivity index (χ0n) is 11.5. The predicted molar refractivity (Wildman–Crippen MR) is 74.7 cm³/mol. The predicted octanol–water partition coefficient (Wildman–Crippen LogP) is 2.61. The first-order chi connectivity index (χ1) is 8.97. The van der Waals surface area contributed by atoms with Crippen LogP contribution >= 0.6 is 0 Å². The van der Waals surface area contributed by atoms with Gasteiger partial charge in [-0.05, 0) is 32.0 Å². The minimum absolute atomic E-state index is 0.186. The fraction of sp³-hybridized carbons (Fsp3) is 0.286. The molecular weight excluding hydrogens is 242 g/mol. The summed E-state index contributed by atoms with van der Waals surface area (Å²) in [6.45, 7) is 3.59. The molecule has 5 nitrogen and oxygen atoms in total. The Hall–Kier alpha value is -2.30. The molecule has 5 heteroatoms. The lowest BCUT2D eigenvalue weighted by Crippen LogP contribution is -2.13. The second-order valence-corrected chi connectivity index (χ2v) is 4.58. The van der Waals surface area contributed by atoms with Gasteiger partial charge in [-0.25, -0.2) is 4.98 Å². The molecule has 0 saturated carbocycles. The van der Waals surface area contributed by atoms with Gasteiger partial charge in [0, 0.05) is 14.1 Å². The molecule has 2 aromatic heterocycles. The van der Waals surface area contributed by atoms with Crippen LogP contribution in [0.1, 0.15) is 21.9 Å². The molecule has 0 radical (unpaired) electrons. The van der Waals surface area contributed by atoms with Crippen LogP contribution in [-0.4, -0.2) is 25.0 Å². The van der Waals surface area contributed by atoms with Crippen LogP contribution in [0.2, 0.25) is 0 Å². The van der Waals surface area contributed by atoms with Gasteiger partial charge in [-0.3, -0.25) is 4.79 Å². The van der Waals surface area contributed by atoms with Crippen molar-refractivity contribution in [1.82, 2.24) is 4.98 Å². The fourth-order valence-corrected chi connectivity index (χ4v) is 1.78. The van der Waals surface area contributed by atoms with Crippen LogP contribution < -0.4 is 10.2 Å². The van der Waals surface area contributed by atoms with Crippen LogP contribution in [0.15, 0.2) is 28.8 Å². The Labute approximate surface area is 112 Å². The zero-order chi connectivity index (χ0) is 14.0. The van der Waals surface area contributed by atoms with E-state index in [0.717, 1.165) is 11.6 Å². The number of aryl methyl sites for hydroxylation is 2. The molecule has 0 fully saturated rings. The van der Waals surface area contributed by atoms with Crippen molar-refractivity contribution in [3.05, 3.63) is 41.5 Å². The number of carbonyl (C=O) groups excluding carboxylic acids is 1. The van der Waals surface area contributed by atoms with E-state index < -0.39 is 0 Å². The van der Waals surface area contributed by atoms with Crippen LogP contribution in [0, 0.1) is 13.8 Å². The number of pyridine rings is 1. The summed E-state index contributed by atoms with van der Waals surface area (Å²) in [5.74, 6) is 2.00. The van der Waals surface area contributed by atoms with Gasteiger partial charge in [0.05, 0.1) is 17.4 Å². The minimum atomic E-state index is -0.186. The van der Waals surface area contributed by atoms with Gasteiger partial charge in [0.2, 0.25) is 0 Å². The number of nitrogens with zero attached hydrogens (tertiary/aromatic N) is 2. The number of carbonyl (C=O) groups is 1. The average molecular weight is 259 g/mol. The van der Waals surface area contributed by atoms with Gasteiger partial charge in [0.15, 0.2) is 0 Å². The molecule has 2 aromatic rings. The molecule has 0 bridgehead atoms. The number of nitrogens with one attached hydrogen (secondary N) is 1. The number of hydrogen-bond donors (Lipinski definition) is 1. The summed E-state index contributed by atoms with van der Waals surface area (Å²) in [5.41, 5.74) is 1.21. The standard InChI is InChI=1S/C14H17N3O2/c1-9-7-12(10(2)19-9)14(18)16-11-5-6-13(15-8-11)17(3)4/h5-8H,1-4H3,(H,16,18). The third-order valence-electron chi connectivity index (χ3n) is 2.75. The van der Waals surface area contributed by atoms with E-state index in [4.69, 9.17) is 4.42 Å². The Morgan fingerprint density at radius 3 is 2.53 bits per heavy atom. The number of furan rings is 1. The summed E-state index contributed by atoms with van der Waals surface area (Å²) >= 11 is 0. The van der Waals surface area contributed by atoms with Gasteiger partial charge in [-0.15, -0.1) is 0 Å². The van der Waals surface area contributed by atoms with E-state index in [1.54, 1.807) is 19.2 Å². The normalized spacial score (nSPS) is 10.3. The first kappa shape index (κ1) is 13.1. The highest BCUT2D eigenvalue weighted by Gasteiger charge is 2.13. The Morgan fingerprint density at radius 1 is 1.32 bits per heavy atom. The molecule has 1 N–H and O–H groups in total. The molecule has 0 aliphatic heterocycles. The molecule has 19 heavy (non-hydrogen) atoms. The quantitative estimate of drug-likeness (QED) is 0.920. The van der Waals surface area contributed by atoms with Crippen molar-refractivity contribution in [2.75, 3.05) is 24.3 Å². The summed E-state index contributed by atoms with van der Waals surface area (Å²) in [6, 6.07) is 5.40. The smallest absolute Gasteiger partial charge is 0.259 e. The maximum atomic E-state index is 12.1.